The highest BCUT2D eigenvalue weighted by atomic mass is 32.2. The number of amides is 1. The van der Waals surface area contributed by atoms with Crippen molar-refractivity contribution in [2.45, 2.75) is 94.9 Å². The molecule has 0 radical (unpaired) electrons. The van der Waals surface area contributed by atoms with Crippen LogP contribution in [0.3, 0.4) is 0 Å². The second-order valence-electron chi connectivity index (χ2n) is 10.4. The van der Waals surface area contributed by atoms with Gasteiger partial charge in [0, 0.05) is 32.1 Å². The fourth-order valence-electron chi connectivity index (χ4n) is 4.20. The summed E-state index contributed by atoms with van der Waals surface area (Å²) in [5.41, 5.74) is 3.77. The first kappa shape index (κ1) is 42.1. The molecule has 0 spiro atoms. The maximum atomic E-state index is 13.6. The first-order chi connectivity index (χ1) is 21.9. The number of carbonyl (C=O) groups is 1. The van der Waals surface area contributed by atoms with Gasteiger partial charge in [-0.2, -0.15) is 4.98 Å². The van der Waals surface area contributed by atoms with Gasteiger partial charge in [0.1, 0.15) is 22.4 Å². The van der Waals surface area contributed by atoms with Gasteiger partial charge in [-0.3, -0.25) is 4.79 Å². The van der Waals surface area contributed by atoms with Crippen molar-refractivity contribution in [3.8, 4) is 11.6 Å². The number of nitrogens with one attached hydrogen (secondary N) is 3. The number of methoxy groups -OCH3 is 1. The molecule has 0 saturated heterocycles. The molecule has 11 heteroatoms. The number of allylic oxidation sites excluding steroid dienone is 1. The van der Waals surface area contributed by atoms with Gasteiger partial charge in [0.05, 0.1) is 24.2 Å². The Labute approximate surface area is 280 Å². The number of carbonyl (C=O) groups excluding carboxylic acids is 1. The van der Waals surface area contributed by atoms with E-state index in [2.05, 4.69) is 53.0 Å². The van der Waals surface area contributed by atoms with Gasteiger partial charge < -0.3 is 29.4 Å². The van der Waals surface area contributed by atoms with Gasteiger partial charge in [-0.25, -0.2) is 9.19 Å². The lowest BCUT2D eigenvalue weighted by molar-refractivity contribution is 0.101. The lowest BCUT2D eigenvalue weighted by Crippen LogP contribution is -2.19. The van der Waals surface area contributed by atoms with Crippen molar-refractivity contribution in [2.75, 3.05) is 35.3 Å². The van der Waals surface area contributed by atoms with Crippen molar-refractivity contribution in [1.82, 2.24) is 14.5 Å². The molecule has 0 saturated carbocycles. The predicted octanol–water partition coefficient (Wildman–Crippen LogP) is 8.73. The van der Waals surface area contributed by atoms with Crippen LogP contribution in [0, 0.1) is 6.92 Å². The maximum Gasteiger partial charge on any atom is 0.272 e. The molecule has 3 N–H and O–H groups in total. The summed E-state index contributed by atoms with van der Waals surface area (Å²) in [7, 11) is 2.00. The summed E-state index contributed by atoms with van der Waals surface area (Å²) in [6, 6.07) is 7.28. The zero-order valence-electron chi connectivity index (χ0n) is 30.8. The summed E-state index contributed by atoms with van der Waals surface area (Å²) in [5.74, 6) is 1.52. The van der Waals surface area contributed by atoms with Crippen LogP contribution in [-0.4, -0.2) is 44.6 Å². The average molecular weight is 659 g/mol. The van der Waals surface area contributed by atoms with Crippen LogP contribution in [0.5, 0.6) is 11.6 Å². The fraction of sp³-hybridized carbons (Fsp3) is 0.514. The Morgan fingerprint density at radius 1 is 1.07 bits per heavy atom. The Morgan fingerprint density at radius 3 is 2.20 bits per heavy atom. The van der Waals surface area contributed by atoms with Crippen LogP contribution in [0.25, 0.3) is 5.76 Å². The molecule has 0 aliphatic rings. The Balaban J connectivity index is 0.00000318. The standard InChI is InChI=1S/C29H40N6O4S.3C2H6/c1-10-13-30-28-31-14-12-24(33-28)39-23(11-2)25-18(3)15-22(35(25)7)27(36)32-20-16-19(29(4,5)6)17-21(26(20)38-8)34-40(9)37;3*1-2/h11-12,14-17,34H,10,13H2,1-9H3,(H,32,36)(H,30,31,33);3*1-2H3/b23-11+;;;. The number of aryl methyl sites for hydroxylation is 1. The highest BCUT2D eigenvalue weighted by Gasteiger charge is 2.24. The summed E-state index contributed by atoms with van der Waals surface area (Å²) < 4.78 is 28.5. The highest BCUT2D eigenvalue weighted by Crippen LogP contribution is 2.39. The molecular formula is C35H58N6O4S. The van der Waals surface area contributed by atoms with E-state index in [1.54, 1.807) is 23.1 Å². The number of hydrogen-bond acceptors (Lipinski definition) is 7. The van der Waals surface area contributed by atoms with Crippen molar-refractivity contribution in [1.29, 1.82) is 0 Å². The molecule has 1 unspecified atom stereocenters. The smallest absolute Gasteiger partial charge is 0.272 e. The molecule has 1 aromatic carbocycles. The largest absolute Gasteiger partial charge is 0.492 e. The van der Waals surface area contributed by atoms with Crippen molar-refractivity contribution >= 4 is 40.0 Å². The molecule has 0 aliphatic heterocycles. The Hall–Kier alpha value is -3.86. The highest BCUT2D eigenvalue weighted by molar-refractivity contribution is 7.85. The summed E-state index contributed by atoms with van der Waals surface area (Å²) in [5, 5.41) is 6.16. The predicted molar refractivity (Wildman–Crippen MR) is 197 cm³/mol. The van der Waals surface area contributed by atoms with E-state index in [0.717, 1.165) is 29.8 Å². The SMILES string of the molecule is C/C=C(/Oc1ccnc(NCCC)n1)c1c(C)cc(C(=O)Nc2cc(C(C)(C)C)cc(NS(C)=O)c2OC)n1C.CC.CC.CC. The number of aromatic nitrogens is 3. The van der Waals surface area contributed by atoms with Crippen LogP contribution in [0.2, 0.25) is 0 Å². The van der Waals surface area contributed by atoms with E-state index in [1.165, 1.54) is 7.11 Å². The molecule has 2 heterocycles. The molecule has 258 valence electrons. The molecule has 2 aromatic heterocycles. The van der Waals surface area contributed by atoms with E-state index in [-0.39, 0.29) is 11.3 Å². The summed E-state index contributed by atoms with van der Waals surface area (Å²) in [6.45, 7) is 24.8. The quantitative estimate of drug-likeness (QED) is 0.176. The number of hydrogen-bond donors (Lipinski definition) is 3. The molecule has 3 aromatic rings. The van der Waals surface area contributed by atoms with Crippen molar-refractivity contribution < 1.29 is 18.5 Å². The number of anilines is 3. The van der Waals surface area contributed by atoms with Crippen LogP contribution in [0.1, 0.15) is 110 Å². The second-order valence-corrected chi connectivity index (χ2v) is 11.5. The molecule has 46 heavy (non-hydrogen) atoms. The molecule has 1 atom stereocenters. The van der Waals surface area contributed by atoms with Gasteiger partial charge in [-0.1, -0.05) is 69.2 Å². The zero-order valence-corrected chi connectivity index (χ0v) is 31.6. The van der Waals surface area contributed by atoms with E-state index >= 15 is 0 Å². The van der Waals surface area contributed by atoms with E-state index in [0.29, 0.717) is 40.4 Å². The third kappa shape index (κ3) is 11.8. The fourth-order valence-corrected chi connectivity index (χ4v) is 4.66. The number of rotatable bonds is 11. The second kappa shape index (κ2) is 21.0. The van der Waals surface area contributed by atoms with Crippen molar-refractivity contribution in [3.05, 3.63) is 59.1 Å². The van der Waals surface area contributed by atoms with Crippen LogP contribution in [0.4, 0.5) is 17.3 Å². The van der Waals surface area contributed by atoms with Crippen molar-refractivity contribution in [3.63, 3.8) is 0 Å². The van der Waals surface area contributed by atoms with Gasteiger partial charge in [0.25, 0.3) is 5.91 Å². The molecule has 0 aliphatic carbocycles. The number of benzene rings is 1. The minimum atomic E-state index is -1.33. The molecule has 0 fully saturated rings. The van der Waals surface area contributed by atoms with E-state index in [4.69, 9.17) is 9.47 Å². The molecular weight excluding hydrogens is 600 g/mol. The van der Waals surface area contributed by atoms with Crippen LogP contribution in [-0.2, 0) is 23.4 Å². The van der Waals surface area contributed by atoms with Crippen LogP contribution in [0.15, 0.2) is 36.5 Å². The Morgan fingerprint density at radius 2 is 1.67 bits per heavy atom. The van der Waals surface area contributed by atoms with Crippen LogP contribution < -0.4 is 24.8 Å². The number of ether oxygens (including phenoxy) is 2. The third-order valence-electron chi connectivity index (χ3n) is 6.19. The minimum absolute atomic E-state index is 0.225. The van der Waals surface area contributed by atoms with Crippen molar-refractivity contribution in [2.24, 2.45) is 7.05 Å². The Kier molecular flexibility index (Phi) is 19.3. The first-order valence-corrected chi connectivity index (χ1v) is 17.7. The van der Waals surface area contributed by atoms with Gasteiger partial charge in [-0.05, 0) is 61.1 Å². The molecule has 10 nitrogen and oxygen atoms in total. The summed E-state index contributed by atoms with van der Waals surface area (Å²) in [4.78, 5) is 22.3. The van der Waals surface area contributed by atoms with Gasteiger partial charge in [0.2, 0.25) is 11.8 Å². The van der Waals surface area contributed by atoms with Gasteiger partial charge in [-0.15, -0.1) is 0 Å². The summed E-state index contributed by atoms with van der Waals surface area (Å²) >= 11 is 0. The third-order valence-corrected chi connectivity index (χ3v) is 6.70. The van der Waals surface area contributed by atoms with Gasteiger partial charge >= 0.3 is 0 Å². The lowest BCUT2D eigenvalue weighted by Gasteiger charge is -2.24. The average Bonchev–Trinajstić information content (AvgIpc) is 3.34. The number of nitrogens with zero attached hydrogens (tertiary/aromatic N) is 3. The monoisotopic (exact) mass is 658 g/mol. The first-order valence-electron chi connectivity index (χ1n) is 16.1. The lowest BCUT2D eigenvalue weighted by atomic mass is 9.86. The van der Waals surface area contributed by atoms with Gasteiger partial charge in [0.15, 0.2) is 5.75 Å². The normalized spacial score (nSPS) is 11.3. The zero-order chi connectivity index (χ0) is 35.6. The van der Waals surface area contributed by atoms with Crippen LogP contribution >= 0.6 is 0 Å². The van der Waals surface area contributed by atoms with E-state index < -0.39 is 11.0 Å². The summed E-state index contributed by atoms with van der Waals surface area (Å²) in [6.07, 6.45) is 5.97. The minimum Gasteiger partial charge on any atom is -0.492 e. The molecule has 3 rings (SSSR count). The maximum absolute atomic E-state index is 13.6. The van der Waals surface area contributed by atoms with E-state index in [1.807, 2.05) is 86.7 Å². The molecule has 1 amide bonds. The Bertz CT molecular complexity index is 1430. The topological polar surface area (TPSA) is 119 Å². The van der Waals surface area contributed by atoms with E-state index in [9.17, 15) is 9.00 Å². The molecule has 0 bridgehead atoms.